The number of likely N-dealkylation sites (tertiary alicyclic amines) is 2. The first-order valence-corrected chi connectivity index (χ1v) is 13.9. The molecule has 0 radical (unpaired) electrons. The summed E-state index contributed by atoms with van der Waals surface area (Å²) in [5, 5.41) is 0. The number of aromatic nitrogens is 1. The minimum atomic E-state index is -2.40. The highest BCUT2D eigenvalue weighted by Crippen LogP contribution is 2.27. The lowest BCUT2D eigenvalue weighted by Crippen LogP contribution is -2.24. The quantitative estimate of drug-likeness (QED) is 0.394. The van der Waals surface area contributed by atoms with Gasteiger partial charge in [-0.2, -0.15) is 0 Å². The van der Waals surface area contributed by atoms with Crippen LogP contribution >= 0.6 is 0 Å². The molecule has 0 aliphatic carbocycles. The highest BCUT2D eigenvalue weighted by atomic mass is 19.3. The molecule has 204 valence electrons. The van der Waals surface area contributed by atoms with Gasteiger partial charge in [0.2, 0.25) is 5.92 Å². The van der Waals surface area contributed by atoms with Crippen LogP contribution in [0.1, 0.15) is 119 Å². The predicted molar refractivity (Wildman–Crippen MR) is 149 cm³/mol. The number of nitrogens with zero attached hydrogens (tertiary/aromatic N) is 3. The molecule has 2 saturated heterocycles. The Hall–Kier alpha value is -1.07. The van der Waals surface area contributed by atoms with E-state index in [0.717, 1.165) is 12.5 Å². The van der Waals surface area contributed by atoms with Crippen molar-refractivity contribution in [2.75, 3.05) is 33.7 Å². The van der Waals surface area contributed by atoms with Gasteiger partial charge in [0, 0.05) is 25.6 Å². The Morgan fingerprint density at radius 1 is 0.824 bits per heavy atom. The minimum Gasteiger partial charge on any atom is -0.306 e. The van der Waals surface area contributed by atoms with Crippen molar-refractivity contribution in [2.45, 2.75) is 119 Å². The lowest BCUT2D eigenvalue weighted by Gasteiger charge is -2.24. The fourth-order valence-electron chi connectivity index (χ4n) is 3.40. The maximum atomic E-state index is 12.6. The zero-order valence-corrected chi connectivity index (χ0v) is 24.6. The van der Waals surface area contributed by atoms with E-state index in [4.69, 9.17) is 0 Å². The van der Waals surface area contributed by atoms with Crippen molar-refractivity contribution in [1.82, 2.24) is 14.8 Å². The van der Waals surface area contributed by atoms with E-state index < -0.39 is 5.92 Å². The van der Waals surface area contributed by atoms with Crippen LogP contribution < -0.4 is 0 Å². The molecular formula is C29H59F2N3. The third kappa shape index (κ3) is 21.5. The molecule has 1 aromatic rings. The zero-order chi connectivity index (χ0) is 27.0. The van der Waals surface area contributed by atoms with Gasteiger partial charge in [-0.25, -0.2) is 8.78 Å². The summed E-state index contributed by atoms with van der Waals surface area (Å²) in [6, 6.07) is 6.76. The first-order valence-electron chi connectivity index (χ1n) is 13.9. The van der Waals surface area contributed by atoms with Crippen molar-refractivity contribution < 1.29 is 8.78 Å². The first-order chi connectivity index (χ1) is 16.2. The Labute approximate surface area is 212 Å². The van der Waals surface area contributed by atoms with Gasteiger partial charge in [0.05, 0.1) is 11.7 Å². The molecule has 2 aliphatic rings. The average Bonchev–Trinajstić information content (AvgIpc) is 3.15. The monoisotopic (exact) mass is 487 g/mol. The van der Waals surface area contributed by atoms with Crippen LogP contribution in [-0.2, 0) is 0 Å². The van der Waals surface area contributed by atoms with Gasteiger partial charge in [0.15, 0.2) is 0 Å². The number of halogens is 2. The van der Waals surface area contributed by atoms with E-state index in [0.29, 0.717) is 19.0 Å². The summed E-state index contributed by atoms with van der Waals surface area (Å²) in [6.45, 7) is 21.1. The topological polar surface area (TPSA) is 19.4 Å². The summed E-state index contributed by atoms with van der Waals surface area (Å²) >= 11 is 0. The van der Waals surface area contributed by atoms with Gasteiger partial charge in [-0.3, -0.25) is 9.88 Å². The van der Waals surface area contributed by atoms with Crippen LogP contribution in [0.25, 0.3) is 0 Å². The molecule has 0 N–H and O–H groups in total. The van der Waals surface area contributed by atoms with E-state index in [9.17, 15) is 8.78 Å². The molecule has 3 nitrogen and oxygen atoms in total. The Morgan fingerprint density at radius 3 is 1.94 bits per heavy atom. The molecule has 0 amide bonds. The molecule has 0 saturated carbocycles. The van der Waals surface area contributed by atoms with Gasteiger partial charge in [-0.15, -0.1) is 0 Å². The summed E-state index contributed by atoms with van der Waals surface area (Å²) in [5.41, 5.74) is 1.23. The van der Waals surface area contributed by atoms with E-state index in [2.05, 4.69) is 49.8 Å². The second-order valence-corrected chi connectivity index (χ2v) is 8.85. The molecule has 2 aliphatic heterocycles. The number of hydrogen-bond acceptors (Lipinski definition) is 3. The van der Waals surface area contributed by atoms with Gasteiger partial charge in [0.25, 0.3) is 0 Å². The van der Waals surface area contributed by atoms with E-state index >= 15 is 0 Å². The standard InChI is InChI=1S/C12H18N2.C7H13F2N.C4H10.3C2H6/c1-14-10-6-2-3-8-12(14)11-7-4-5-9-13-11;1-10-5-2-3-7(8,9)4-6-10;1-4(2)3;3*1-2/h4-5,7,9,12H,2-3,6,8,10H2,1H3;2-6H2,1H3;4H,1-3H3;3*1-2H3. The van der Waals surface area contributed by atoms with Crippen molar-refractivity contribution in [3.05, 3.63) is 30.1 Å². The van der Waals surface area contributed by atoms with Crippen molar-refractivity contribution in [3.63, 3.8) is 0 Å². The molecule has 0 aromatic carbocycles. The van der Waals surface area contributed by atoms with Crippen molar-refractivity contribution in [1.29, 1.82) is 0 Å². The third-order valence-corrected chi connectivity index (χ3v) is 4.99. The van der Waals surface area contributed by atoms with Crippen LogP contribution in [-0.4, -0.2) is 54.4 Å². The number of pyridine rings is 1. The molecule has 1 atom stereocenters. The van der Waals surface area contributed by atoms with Gasteiger partial charge in [-0.05, 0) is 64.5 Å². The van der Waals surface area contributed by atoms with E-state index in [-0.39, 0.29) is 12.8 Å². The van der Waals surface area contributed by atoms with E-state index in [1.807, 2.05) is 65.8 Å². The highest BCUT2D eigenvalue weighted by Gasteiger charge is 2.30. The SMILES string of the molecule is CC.CC.CC.CC(C)C.CN1CCCC(F)(F)CC1.CN1CCCCCC1c1ccccn1. The van der Waals surface area contributed by atoms with Gasteiger partial charge in [-0.1, -0.05) is 81.2 Å². The van der Waals surface area contributed by atoms with Crippen LogP contribution in [0.4, 0.5) is 8.78 Å². The minimum absolute atomic E-state index is 0.0312. The maximum absolute atomic E-state index is 12.6. The van der Waals surface area contributed by atoms with E-state index in [1.165, 1.54) is 37.9 Å². The molecule has 5 heteroatoms. The second kappa shape index (κ2) is 25.0. The Bertz CT molecular complexity index is 507. The molecular weight excluding hydrogens is 428 g/mol. The van der Waals surface area contributed by atoms with Crippen LogP contribution in [0, 0.1) is 5.92 Å². The molecule has 3 heterocycles. The Morgan fingerprint density at radius 2 is 1.41 bits per heavy atom. The molecule has 0 spiro atoms. The van der Waals surface area contributed by atoms with Crippen molar-refractivity contribution in [2.24, 2.45) is 5.92 Å². The van der Waals surface area contributed by atoms with Gasteiger partial charge < -0.3 is 4.90 Å². The lowest BCUT2D eigenvalue weighted by molar-refractivity contribution is -0.0125. The first kappa shape index (κ1) is 37.5. The van der Waals surface area contributed by atoms with Crippen LogP contribution in [0.5, 0.6) is 0 Å². The smallest absolute Gasteiger partial charge is 0.249 e. The zero-order valence-electron chi connectivity index (χ0n) is 24.6. The number of hydrogen-bond donors (Lipinski definition) is 0. The summed E-state index contributed by atoms with van der Waals surface area (Å²) in [7, 11) is 4.10. The lowest BCUT2D eigenvalue weighted by atomic mass is 10.1. The van der Waals surface area contributed by atoms with Crippen LogP contribution in [0.3, 0.4) is 0 Å². The van der Waals surface area contributed by atoms with Gasteiger partial charge in [0.1, 0.15) is 0 Å². The van der Waals surface area contributed by atoms with Crippen LogP contribution in [0.2, 0.25) is 0 Å². The molecule has 1 aromatic heterocycles. The largest absolute Gasteiger partial charge is 0.306 e. The predicted octanol–water partition coefficient (Wildman–Crippen LogP) is 9.11. The Balaban J connectivity index is -0.000000422. The molecule has 2 fully saturated rings. The summed E-state index contributed by atoms with van der Waals surface area (Å²) in [5.74, 6) is -1.56. The number of alkyl halides is 2. The number of rotatable bonds is 1. The Kier molecular flexibility index (Phi) is 27.6. The molecule has 1 unspecified atom stereocenters. The fraction of sp³-hybridized carbons (Fsp3) is 0.828. The maximum Gasteiger partial charge on any atom is 0.249 e. The highest BCUT2D eigenvalue weighted by molar-refractivity contribution is 5.09. The van der Waals surface area contributed by atoms with Crippen molar-refractivity contribution >= 4 is 0 Å². The van der Waals surface area contributed by atoms with Crippen molar-refractivity contribution in [3.8, 4) is 0 Å². The molecule has 3 rings (SSSR count). The molecule has 0 bridgehead atoms. The van der Waals surface area contributed by atoms with Crippen LogP contribution in [0.15, 0.2) is 24.4 Å². The summed E-state index contributed by atoms with van der Waals surface area (Å²) in [4.78, 5) is 8.85. The molecule has 34 heavy (non-hydrogen) atoms. The van der Waals surface area contributed by atoms with E-state index in [1.54, 1.807) is 0 Å². The fourth-order valence-corrected chi connectivity index (χ4v) is 3.40. The summed E-state index contributed by atoms with van der Waals surface area (Å²) < 4.78 is 25.2. The second-order valence-electron chi connectivity index (χ2n) is 8.85. The third-order valence-electron chi connectivity index (χ3n) is 4.99. The van der Waals surface area contributed by atoms with Gasteiger partial charge >= 0.3 is 0 Å². The summed E-state index contributed by atoms with van der Waals surface area (Å²) in [6.07, 6.45) is 7.92. The average molecular weight is 488 g/mol. The normalized spacial score (nSPS) is 19.9.